The average molecular weight is 414 g/mol. The quantitative estimate of drug-likeness (QED) is 0.749. The molecule has 0 aromatic heterocycles. The molecule has 2 aromatic rings. The fourth-order valence-electron chi connectivity index (χ4n) is 5.42. The summed E-state index contributed by atoms with van der Waals surface area (Å²) in [5.74, 6) is 0.404. The molecule has 3 aliphatic heterocycles. The van der Waals surface area contributed by atoms with E-state index in [2.05, 4.69) is 34.9 Å². The van der Waals surface area contributed by atoms with E-state index >= 15 is 0 Å². The number of nitrogens with one attached hydrogen (secondary N) is 2. The normalized spacial score (nSPS) is 24.9. The zero-order chi connectivity index (χ0) is 21.4. The first-order chi connectivity index (χ1) is 15.1. The van der Waals surface area contributed by atoms with Gasteiger partial charge in [-0.25, -0.2) is 0 Å². The first-order valence-electron chi connectivity index (χ1n) is 11.3. The standard InChI is InChI=1S/C26H27N3O2/c27-15-17(12-24(30)26-19-5-8-22(28-26)9-6-19)11-16-1-3-18(4-2-16)20-7-10-23-21(13-20)14-25(31)29-23/h1-4,7,10,13,17,19,22,26,28H,5-6,8-9,11-12,14H2,(H,29,31)/t17-,19?,22?,26+/m1/s1. The number of carbonyl (C=O) groups excluding carboxylic acids is 2. The van der Waals surface area contributed by atoms with Gasteiger partial charge in [0.15, 0.2) is 5.78 Å². The van der Waals surface area contributed by atoms with Crippen LogP contribution in [0.1, 0.15) is 43.2 Å². The summed E-state index contributed by atoms with van der Waals surface area (Å²) in [6.07, 6.45) is 5.98. The van der Waals surface area contributed by atoms with E-state index < -0.39 is 0 Å². The Morgan fingerprint density at radius 3 is 2.48 bits per heavy atom. The highest BCUT2D eigenvalue weighted by Crippen LogP contribution is 2.34. The predicted octanol–water partition coefficient (Wildman–Crippen LogP) is 4.02. The Kier molecular flexibility index (Phi) is 5.33. The highest BCUT2D eigenvalue weighted by atomic mass is 16.1. The van der Waals surface area contributed by atoms with Crippen LogP contribution >= 0.6 is 0 Å². The van der Waals surface area contributed by atoms with E-state index in [9.17, 15) is 14.9 Å². The van der Waals surface area contributed by atoms with Crippen molar-refractivity contribution in [3.8, 4) is 17.2 Å². The summed E-state index contributed by atoms with van der Waals surface area (Å²) in [6, 6.07) is 17.0. The molecule has 6 rings (SSSR count). The van der Waals surface area contributed by atoms with Crippen molar-refractivity contribution >= 4 is 17.4 Å². The third-order valence-corrected chi connectivity index (χ3v) is 7.14. The average Bonchev–Trinajstić information content (AvgIpc) is 3.19. The molecule has 2 atom stereocenters. The first kappa shape index (κ1) is 20.0. The second kappa shape index (κ2) is 8.28. The number of piperidine rings is 2. The van der Waals surface area contributed by atoms with Crippen LogP contribution in [0.2, 0.25) is 0 Å². The lowest BCUT2D eigenvalue weighted by Crippen LogP contribution is -2.56. The van der Waals surface area contributed by atoms with Gasteiger partial charge in [0.1, 0.15) is 0 Å². The lowest BCUT2D eigenvalue weighted by Gasteiger charge is -2.43. The van der Waals surface area contributed by atoms with Crippen LogP contribution in [0.5, 0.6) is 0 Å². The van der Waals surface area contributed by atoms with Gasteiger partial charge in [0.05, 0.1) is 24.4 Å². The van der Waals surface area contributed by atoms with E-state index in [4.69, 9.17) is 0 Å². The van der Waals surface area contributed by atoms with Crippen LogP contribution in [0.4, 0.5) is 5.69 Å². The summed E-state index contributed by atoms with van der Waals surface area (Å²) in [4.78, 5) is 24.4. The van der Waals surface area contributed by atoms with Crippen LogP contribution in [-0.4, -0.2) is 23.8 Å². The minimum Gasteiger partial charge on any atom is -0.326 e. The smallest absolute Gasteiger partial charge is 0.228 e. The van der Waals surface area contributed by atoms with Crippen molar-refractivity contribution < 1.29 is 9.59 Å². The maximum atomic E-state index is 12.9. The van der Waals surface area contributed by atoms with Crippen molar-refractivity contribution in [3.63, 3.8) is 0 Å². The second-order valence-corrected chi connectivity index (χ2v) is 9.25. The number of anilines is 1. The summed E-state index contributed by atoms with van der Waals surface area (Å²) in [5, 5.41) is 16.0. The first-order valence-corrected chi connectivity index (χ1v) is 11.3. The zero-order valence-electron chi connectivity index (χ0n) is 17.6. The second-order valence-electron chi connectivity index (χ2n) is 9.25. The van der Waals surface area contributed by atoms with Crippen LogP contribution in [0.25, 0.3) is 11.1 Å². The molecule has 158 valence electrons. The van der Waals surface area contributed by atoms with E-state index in [0.717, 1.165) is 40.8 Å². The van der Waals surface area contributed by atoms with Gasteiger partial charge in [-0.05, 0) is 72.4 Å². The minimum absolute atomic E-state index is 0.0378. The molecule has 0 radical (unpaired) electrons. The number of nitriles is 1. The van der Waals surface area contributed by atoms with E-state index in [-0.39, 0.29) is 23.7 Å². The monoisotopic (exact) mass is 413 g/mol. The van der Waals surface area contributed by atoms with Gasteiger partial charge in [-0.15, -0.1) is 0 Å². The van der Waals surface area contributed by atoms with Crippen molar-refractivity contribution in [2.24, 2.45) is 11.8 Å². The molecule has 5 heteroatoms. The molecule has 0 spiro atoms. The fourth-order valence-corrected chi connectivity index (χ4v) is 5.42. The topological polar surface area (TPSA) is 82.0 Å². The van der Waals surface area contributed by atoms with Gasteiger partial charge in [0.25, 0.3) is 0 Å². The number of benzene rings is 2. The van der Waals surface area contributed by atoms with Crippen LogP contribution in [0.3, 0.4) is 0 Å². The number of hydrogen-bond acceptors (Lipinski definition) is 4. The lowest BCUT2D eigenvalue weighted by molar-refractivity contribution is -0.125. The van der Waals surface area contributed by atoms with Crippen LogP contribution in [0, 0.1) is 23.2 Å². The summed E-state index contributed by atoms with van der Waals surface area (Å²) in [7, 11) is 0. The molecular weight excluding hydrogens is 386 g/mol. The molecule has 2 aromatic carbocycles. The molecule has 2 saturated heterocycles. The number of ketones is 1. The lowest BCUT2D eigenvalue weighted by atomic mass is 9.74. The SMILES string of the molecule is N#C[C@@H](CC(=O)[C@H]1NC2CCC1CC2)Cc1ccc(-c2ccc3c(c2)CC(=O)N3)cc1. The van der Waals surface area contributed by atoms with Crippen molar-refractivity contribution in [2.45, 2.75) is 57.0 Å². The van der Waals surface area contributed by atoms with Gasteiger partial charge >= 0.3 is 0 Å². The molecule has 3 heterocycles. The molecule has 3 fully saturated rings. The Labute approximate surface area is 182 Å². The Morgan fingerprint density at radius 2 is 1.81 bits per heavy atom. The molecule has 5 nitrogen and oxygen atoms in total. The van der Waals surface area contributed by atoms with Crippen molar-refractivity contribution in [1.29, 1.82) is 5.26 Å². The highest BCUT2D eigenvalue weighted by Gasteiger charge is 2.39. The van der Waals surface area contributed by atoms with E-state index in [1.165, 1.54) is 12.8 Å². The number of carbonyl (C=O) groups is 2. The van der Waals surface area contributed by atoms with Gasteiger partial charge < -0.3 is 10.6 Å². The van der Waals surface area contributed by atoms with Crippen LogP contribution in [-0.2, 0) is 22.4 Å². The third-order valence-electron chi connectivity index (χ3n) is 7.14. The Bertz CT molecular complexity index is 1050. The van der Waals surface area contributed by atoms with Crippen LogP contribution < -0.4 is 10.6 Å². The largest absolute Gasteiger partial charge is 0.326 e. The maximum Gasteiger partial charge on any atom is 0.228 e. The summed E-state index contributed by atoms with van der Waals surface area (Å²) >= 11 is 0. The van der Waals surface area contributed by atoms with Crippen molar-refractivity contribution in [1.82, 2.24) is 5.32 Å². The number of fused-ring (bicyclic) bond motifs is 4. The Hall–Kier alpha value is -2.97. The van der Waals surface area contributed by atoms with Gasteiger partial charge in [-0.3, -0.25) is 9.59 Å². The van der Waals surface area contributed by atoms with Crippen molar-refractivity contribution in [2.75, 3.05) is 5.32 Å². The molecule has 2 N–H and O–H groups in total. The van der Waals surface area contributed by atoms with E-state index in [1.807, 2.05) is 24.3 Å². The Morgan fingerprint density at radius 1 is 1.06 bits per heavy atom. The van der Waals surface area contributed by atoms with Gasteiger partial charge in [0.2, 0.25) is 5.91 Å². The van der Waals surface area contributed by atoms with Gasteiger partial charge in [0, 0.05) is 18.2 Å². The number of amides is 1. The molecular formula is C26H27N3O2. The fraction of sp³-hybridized carbons (Fsp3) is 0.423. The predicted molar refractivity (Wildman–Crippen MR) is 119 cm³/mol. The van der Waals surface area contributed by atoms with E-state index in [0.29, 0.717) is 31.2 Å². The van der Waals surface area contributed by atoms with Gasteiger partial charge in [-0.2, -0.15) is 5.26 Å². The Balaban J connectivity index is 1.23. The molecule has 1 amide bonds. The summed E-state index contributed by atoms with van der Waals surface area (Å²) in [6.45, 7) is 0. The molecule has 31 heavy (non-hydrogen) atoms. The molecule has 1 saturated carbocycles. The zero-order valence-corrected chi connectivity index (χ0v) is 17.6. The molecule has 4 aliphatic rings. The number of nitrogens with zero attached hydrogens (tertiary/aromatic N) is 1. The number of hydrogen-bond donors (Lipinski definition) is 2. The van der Waals surface area contributed by atoms with Crippen molar-refractivity contribution in [3.05, 3.63) is 53.6 Å². The minimum atomic E-state index is -0.294. The third kappa shape index (κ3) is 4.13. The summed E-state index contributed by atoms with van der Waals surface area (Å²) < 4.78 is 0. The summed E-state index contributed by atoms with van der Waals surface area (Å²) in [5.41, 5.74) is 5.15. The molecule has 0 unspecified atom stereocenters. The molecule has 2 bridgehead atoms. The van der Waals surface area contributed by atoms with Gasteiger partial charge in [-0.1, -0.05) is 30.3 Å². The number of Topliss-reactive ketones (excluding diaryl/α,β-unsaturated/α-hetero) is 1. The van der Waals surface area contributed by atoms with Crippen LogP contribution in [0.15, 0.2) is 42.5 Å². The maximum absolute atomic E-state index is 12.9. The van der Waals surface area contributed by atoms with E-state index in [1.54, 1.807) is 0 Å². The number of rotatable bonds is 6. The molecule has 1 aliphatic carbocycles. The highest BCUT2D eigenvalue weighted by molar-refractivity contribution is 5.99.